The maximum atomic E-state index is 12.8. The molecule has 154 valence electrons. The van der Waals surface area contributed by atoms with E-state index in [2.05, 4.69) is 4.72 Å². The molecule has 1 N–H and O–H groups in total. The van der Waals surface area contributed by atoms with Crippen molar-refractivity contribution < 1.29 is 27.4 Å². The van der Waals surface area contributed by atoms with Gasteiger partial charge in [-0.2, -0.15) is 0 Å². The van der Waals surface area contributed by atoms with Gasteiger partial charge in [-0.15, -0.1) is 0 Å². The third-order valence-electron chi connectivity index (χ3n) is 4.87. The predicted molar refractivity (Wildman–Crippen MR) is 107 cm³/mol. The van der Waals surface area contributed by atoms with Crippen LogP contribution in [0.5, 0.6) is 11.5 Å². The van der Waals surface area contributed by atoms with Crippen molar-refractivity contribution in [3.05, 3.63) is 42.0 Å². The quantitative estimate of drug-likeness (QED) is 0.773. The van der Waals surface area contributed by atoms with Gasteiger partial charge in [0.15, 0.2) is 11.5 Å². The predicted octanol–water partition coefficient (Wildman–Crippen LogP) is 2.18. The molecule has 2 aromatic rings. The molecule has 0 bridgehead atoms. The number of ether oxygens (including phenoxy) is 3. The zero-order valence-corrected chi connectivity index (χ0v) is 16.8. The van der Waals surface area contributed by atoms with Crippen LogP contribution in [0.3, 0.4) is 0 Å². The Kier molecular flexibility index (Phi) is 5.33. The molecule has 2 aliphatic rings. The molecule has 0 aliphatic carbocycles. The van der Waals surface area contributed by atoms with Crippen LogP contribution in [0.4, 0.5) is 11.4 Å². The average Bonchev–Trinajstić information content (AvgIpc) is 2.72. The van der Waals surface area contributed by atoms with Gasteiger partial charge in [-0.1, -0.05) is 0 Å². The van der Waals surface area contributed by atoms with Gasteiger partial charge in [0.2, 0.25) is 5.91 Å². The zero-order valence-electron chi connectivity index (χ0n) is 16.0. The van der Waals surface area contributed by atoms with E-state index < -0.39 is 10.0 Å². The SMILES string of the molecule is COCCN1C(=O)CCc2cc(NS(=O)(=O)c3ccc4c(c3)OCCO4)ccc21. The number of amides is 1. The number of hydrogen-bond donors (Lipinski definition) is 1. The molecule has 0 fully saturated rings. The van der Waals surface area contributed by atoms with Crippen LogP contribution in [0.2, 0.25) is 0 Å². The number of carbonyl (C=O) groups is 1. The van der Waals surface area contributed by atoms with Crippen molar-refractivity contribution in [3.8, 4) is 11.5 Å². The monoisotopic (exact) mass is 418 g/mol. The minimum absolute atomic E-state index is 0.0409. The normalized spacial score (nSPS) is 15.8. The summed E-state index contributed by atoms with van der Waals surface area (Å²) in [5.74, 6) is 0.987. The molecule has 8 nitrogen and oxygen atoms in total. The van der Waals surface area contributed by atoms with Crippen molar-refractivity contribution in [1.29, 1.82) is 0 Å². The van der Waals surface area contributed by atoms with Crippen molar-refractivity contribution in [2.45, 2.75) is 17.7 Å². The molecule has 4 rings (SSSR count). The number of sulfonamides is 1. The number of anilines is 2. The second kappa shape index (κ2) is 7.92. The average molecular weight is 418 g/mol. The first-order chi connectivity index (χ1) is 14.0. The van der Waals surface area contributed by atoms with E-state index in [9.17, 15) is 13.2 Å². The van der Waals surface area contributed by atoms with Gasteiger partial charge in [0, 0.05) is 37.5 Å². The Morgan fingerprint density at radius 1 is 1.07 bits per heavy atom. The Balaban J connectivity index is 1.57. The fourth-order valence-corrected chi connectivity index (χ4v) is 4.52. The Hall–Kier alpha value is -2.78. The highest BCUT2D eigenvalue weighted by molar-refractivity contribution is 7.92. The Morgan fingerprint density at radius 3 is 2.66 bits per heavy atom. The Bertz CT molecular complexity index is 1040. The largest absolute Gasteiger partial charge is 0.486 e. The molecule has 0 radical (unpaired) electrons. The third-order valence-corrected chi connectivity index (χ3v) is 6.25. The molecule has 1 amide bonds. The lowest BCUT2D eigenvalue weighted by Gasteiger charge is -2.29. The lowest BCUT2D eigenvalue weighted by Crippen LogP contribution is -2.37. The van der Waals surface area contributed by atoms with E-state index in [-0.39, 0.29) is 10.8 Å². The van der Waals surface area contributed by atoms with Crippen molar-refractivity contribution in [1.82, 2.24) is 0 Å². The molecule has 0 saturated heterocycles. The molecule has 2 aliphatic heterocycles. The van der Waals surface area contributed by atoms with Crippen LogP contribution < -0.4 is 19.1 Å². The van der Waals surface area contributed by atoms with Gasteiger partial charge < -0.3 is 19.1 Å². The lowest BCUT2D eigenvalue weighted by molar-refractivity contribution is -0.119. The van der Waals surface area contributed by atoms with Crippen LogP contribution in [-0.2, 0) is 26.0 Å². The van der Waals surface area contributed by atoms with Crippen molar-refractivity contribution in [2.24, 2.45) is 0 Å². The molecule has 2 aromatic carbocycles. The van der Waals surface area contributed by atoms with E-state index in [4.69, 9.17) is 14.2 Å². The van der Waals surface area contributed by atoms with E-state index in [0.717, 1.165) is 11.3 Å². The van der Waals surface area contributed by atoms with Gasteiger partial charge in [0.25, 0.3) is 10.0 Å². The maximum Gasteiger partial charge on any atom is 0.262 e. The van der Waals surface area contributed by atoms with Crippen LogP contribution in [0.1, 0.15) is 12.0 Å². The molecular weight excluding hydrogens is 396 g/mol. The number of rotatable bonds is 6. The summed E-state index contributed by atoms with van der Waals surface area (Å²) in [4.78, 5) is 14.0. The number of nitrogens with one attached hydrogen (secondary N) is 1. The summed E-state index contributed by atoms with van der Waals surface area (Å²) in [6.45, 7) is 1.72. The second-order valence-electron chi connectivity index (χ2n) is 6.79. The fraction of sp³-hybridized carbons (Fsp3) is 0.350. The van der Waals surface area contributed by atoms with Gasteiger partial charge in [-0.05, 0) is 42.3 Å². The molecular formula is C20H22N2O6S. The summed E-state index contributed by atoms with van der Waals surface area (Å²) in [6, 6.07) is 9.74. The van der Waals surface area contributed by atoms with Crippen LogP contribution in [0.25, 0.3) is 0 Å². The summed E-state index contributed by atoms with van der Waals surface area (Å²) in [6.07, 6.45) is 0.951. The van der Waals surface area contributed by atoms with E-state index >= 15 is 0 Å². The zero-order chi connectivity index (χ0) is 20.4. The van der Waals surface area contributed by atoms with E-state index in [1.807, 2.05) is 0 Å². The molecule has 9 heteroatoms. The number of methoxy groups -OCH3 is 1. The number of carbonyl (C=O) groups excluding carboxylic acids is 1. The molecule has 2 heterocycles. The van der Waals surface area contributed by atoms with Crippen LogP contribution >= 0.6 is 0 Å². The van der Waals surface area contributed by atoms with Gasteiger partial charge in [-0.3, -0.25) is 9.52 Å². The number of hydrogen-bond acceptors (Lipinski definition) is 6. The first kappa shape index (κ1) is 19.5. The standard InChI is InChI=1S/C20H22N2O6S/c1-26-9-8-22-17-5-3-15(12-14(17)2-7-20(22)23)21-29(24,25)16-4-6-18-19(13-16)28-11-10-27-18/h3-6,12-13,21H,2,7-11H2,1H3. The lowest BCUT2D eigenvalue weighted by atomic mass is 10.0. The fourth-order valence-electron chi connectivity index (χ4n) is 3.46. The second-order valence-corrected chi connectivity index (χ2v) is 8.48. The minimum Gasteiger partial charge on any atom is -0.486 e. The summed E-state index contributed by atoms with van der Waals surface area (Å²) < 4.78 is 44.2. The molecule has 0 atom stereocenters. The summed E-state index contributed by atoms with van der Waals surface area (Å²) in [5.41, 5.74) is 2.16. The van der Waals surface area contributed by atoms with Crippen molar-refractivity contribution in [3.63, 3.8) is 0 Å². The first-order valence-corrected chi connectivity index (χ1v) is 10.8. The smallest absolute Gasteiger partial charge is 0.262 e. The molecule has 0 spiro atoms. The van der Waals surface area contributed by atoms with Crippen LogP contribution in [0.15, 0.2) is 41.3 Å². The number of aryl methyl sites for hydroxylation is 1. The number of benzene rings is 2. The highest BCUT2D eigenvalue weighted by Crippen LogP contribution is 2.34. The van der Waals surface area contributed by atoms with Gasteiger partial charge >= 0.3 is 0 Å². The molecule has 0 aromatic heterocycles. The van der Waals surface area contributed by atoms with E-state index in [1.165, 1.54) is 12.1 Å². The van der Waals surface area contributed by atoms with E-state index in [1.54, 1.807) is 36.3 Å². The summed E-state index contributed by atoms with van der Waals surface area (Å²) >= 11 is 0. The Morgan fingerprint density at radius 2 is 1.86 bits per heavy atom. The summed E-state index contributed by atoms with van der Waals surface area (Å²) in [5, 5.41) is 0. The topological polar surface area (TPSA) is 94.2 Å². The van der Waals surface area contributed by atoms with Gasteiger partial charge in [0.1, 0.15) is 13.2 Å². The highest BCUT2D eigenvalue weighted by atomic mass is 32.2. The molecule has 0 unspecified atom stereocenters. The maximum absolute atomic E-state index is 12.8. The first-order valence-electron chi connectivity index (χ1n) is 9.32. The number of nitrogens with zero attached hydrogens (tertiary/aromatic N) is 1. The Labute approximate surface area is 169 Å². The van der Waals surface area contributed by atoms with Gasteiger partial charge in [-0.25, -0.2) is 8.42 Å². The number of fused-ring (bicyclic) bond motifs is 2. The molecule has 0 saturated carbocycles. The van der Waals surface area contributed by atoms with E-state index in [0.29, 0.717) is 56.4 Å². The third kappa shape index (κ3) is 4.01. The van der Waals surface area contributed by atoms with Crippen molar-refractivity contribution in [2.75, 3.05) is 43.1 Å². The highest BCUT2D eigenvalue weighted by Gasteiger charge is 2.25. The van der Waals surface area contributed by atoms with Crippen LogP contribution in [0, 0.1) is 0 Å². The minimum atomic E-state index is -3.80. The van der Waals surface area contributed by atoms with Crippen molar-refractivity contribution >= 4 is 27.3 Å². The van der Waals surface area contributed by atoms with Gasteiger partial charge in [0.05, 0.1) is 11.5 Å². The summed E-state index contributed by atoms with van der Waals surface area (Å²) in [7, 11) is -2.21. The molecule has 29 heavy (non-hydrogen) atoms. The van der Waals surface area contributed by atoms with Crippen LogP contribution in [-0.4, -0.2) is 47.8 Å².